The minimum Gasteiger partial charge on any atom is -0.496 e. The lowest BCUT2D eigenvalue weighted by Gasteiger charge is -2.33. The zero-order valence-corrected chi connectivity index (χ0v) is 21.6. The summed E-state index contributed by atoms with van der Waals surface area (Å²) in [5, 5.41) is 6.28. The fraction of sp³-hybridized carbons (Fsp3) is 0.370. The maximum atomic E-state index is 13.0. The lowest BCUT2D eigenvalue weighted by atomic mass is 9.97. The summed E-state index contributed by atoms with van der Waals surface area (Å²) in [4.78, 5) is 24.2. The molecule has 1 amide bonds. The second-order valence-electron chi connectivity index (χ2n) is 8.59. The molecule has 0 saturated carbocycles. The number of ether oxygens (including phenoxy) is 4. The summed E-state index contributed by atoms with van der Waals surface area (Å²) in [6, 6.07) is 13.1. The van der Waals surface area contributed by atoms with Gasteiger partial charge < -0.3 is 34.5 Å². The molecule has 1 saturated heterocycles. The van der Waals surface area contributed by atoms with E-state index in [2.05, 4.69) is 20.5 Å². The fourth-order valence-electron chi connectivity index (χ4n) is 4.44. The molecule has 1 aliphatic rings. The van der Waals surface area contributed by atoms with E-state index in [1.54, 1.807) is 46.8 Å². The molecule has 1 fully saturated rings. The quantitative estimate of drug-likeness (QED) is 0.424. The van der Waals surface area contributed by atoms with Crippen molar-refractivity contribution < 1.29 is 23.7 Å². The Hall–Kier alpha value is -4.21. The summed E-state index contributed by atoms with van der Waals surface area (Å²) in [6.07, 6.45) is 3.43. The molecule has 1 atom stereocenters. The Morgan fingerprint density at radius 2 is 1.73 bits per heavy atom. The molecule has 0 radical (unpaired) electrons. The minimum atomic E-state index is -0.134. The predicted octanol–water partition coefficient (Wildman–Crippen LogP) is 3.79. The Labute approximate surface area is 216 Å². The van der Waals surface area contributed by atoms with Crippen LogP contribution in [0.15, 0.2) is 48.7 Å². The third-order valence-corrected chi connectivity index (χ3v) is 6.32. The average molecular weight is 508 g/mol. The molecule has 4 rings (SSSR count). The van der Waals surface area contributed by atoms with Gasteiger partial charge in [0.2, 0.25) is 17.6 Å². The van der Waals surface area contributed by atoms with Crippen molar-refractivity contribution in [3.63, 3.8) is 0 Å². The van der Waals surface area contributed by atoms with Crippen LogP contribution in [-0.2, 0) is 11.3 Å². The molecule has 0 unspecified atom stereocenters. The molecule has 0 spiro atoms. The molecular weight excluding hydrogens is 474 g/mol. The van der Waals surface area contributed by atoms with Crippen molar-refractivity contribution in [3.05, 3.63) is 54.2 Å². The summed E-state index contributed by atoms with van der Waals surface area (Å²) in [5.74, 6) is 3.40. The topological polar surface area (TPSA) is 107 Å². The number of piperidine rings is 1. The Morgan fingerprint density at radius 3 is 2.43 bits per heavy atom. The Bertz CT molecular complexity index is 1200. The first-order valence-electron chi connectivity index (χ1n) is 12.1. The van der Waals surface area contributed by atoms with Crippen molar-refractivity contribution in [3.8, 4) is 23.0 Å². The van der Waals surface area contributed by atoms with Crippen LogP contribution >= 0.6 is 0 Å². The molecular formula is C27H33N5O5. The number of benzene rings is 2. The predicted molar refractivity (Wildman–Crippen MR) is 141 cm³/mol. The van der Waals surface area contributed by atoms with E-state index in [1.807, 2.05) is 30.3 Å². The van der Waals surface area contributed by atoms with Gasteiger partial charge in [-0.05, 0) is 25.0 Å². The summed E-state index contributed by atoms with van der Waals surface area (Å²) >= 11 is 0. The number of para-hydroxylation sites is 1. The maximum absolute atomic E-state index is 13.0. The SMILES string of the molecule is COc1ccccc1CNC(=O)[C@H]1CCCN(c2ccnc(Nc3cc(OC)c(OC)c(OC)c3)n2)C1. The monoisotopic (exact) mass is 507 g/mol. The Morgan fingerprint density at radius 1 is 1.00 bits per heavy atom. The molecule has 2 N–H and O–H groups in total. The van der Waals surface area contributed by atoms with Crippen LogP contribution in [0.25, 0.3) is 0 Å². The number of hydrogen-bond donors (Lipinski definition) is 2. The van der Waals surface area contributed by atoms with E-state index in [1.165, 1.54) is 0 Å². The van der Waals surface area contributed by atoms with Crippen molar-refractivity contribution in [2.24, 2.45) is 5.92 Å². The van der Waals surface area contributed by atoms with Crippen LogP contribution in [0, 0.1) is 5.92 Å². The fourth-order valence-corrected chi connectivity index (χ4v) is 4.44. The zero-order valence-electron chi connectivity index (χ0n) is 21.6. The molecule has 2 heterocycles. The first-order chi connectivity index (χ1) is 18.1. The maximum Gasteiger partial charge on any atom is 0.229 e. The molecule has 0 bridgehead atoms. The molecule has 196 valence electrons. The number of rotatable bonds is 10. The largest absolute Gasteiger partial charge is 0.496 e. The standard InChI is InChI=1S/C27H33N5O5/c1-34-21-10-6-5-8-18(21)16-29-26(33)19-9-7-13-32(17-19)24-11-12-28-27(31-24)30-20-14-22(35-2)25(37-4)23(15-20)36-3/h5-6,8,10-12,14-15,19H,7,9,13,16-17H2,1-4H3,(H,29,33)(H,28,30,31)/t19-/m0/s1. The molecule has 2 aromatic carbocycles. The van der Waals surface area contributed by atoms with Gasteiger partial charge in [-0.3, -0.25) is 4.79 Å². The van der Waals surface area contributed by atoms with E-state index >= 15 is 0 Å². The number of nitrogens with one attached hydrogen (secondary N) is 2. The second-order valence-corrected chi connectivity index (χ2v) is 8.59. The van der Waals surface area contributed by atoms with Gasteiger partial charge in [0.15, 0.2) is 11.5 Å². The summed E-state index contributed by atoms with van der Waals surface area (Å²) in [6.45, 7) is 1.82. The van der Waals surface area contributed by atoms with Crippen molar-refractivity contribution in [2.45, 2.75) is 19.4 Å². The van der Waals surface area contributed by atoms with Gasteiger partial charge in [-0.2, -0.15) is 4.98 Å². The average Bonchev–Trinajstić information content (AvgIpc) is 2.95. The normalized spacial score (nSPS) is 15.0. The smallest absolute Gasteiger partial charge is 0.229 e. The van der Waals surface area contributed by atoms with Crippen LogP contribution in [0.3, 0.4) is 0 Å². The lowest BCUT2D eigenvalue weighted by molar-refractivity contribution is -0.125. The first-order valence-corrected chi connectivity index (χ1v) is 12.1. The van der Waals surface area contributed by atoms with Crippen molar-refractivity contribution >= 4 is 23.4 Å². The van der Waals surface area contributed by atoms with Gasteiger partial charge in [-0.1, -0.05) is 18.2 Å². The summed E-state index contributed by atoms with van der Waals surface area (Å²) in [5.41, 5.74) is 1.64. The van der Waals surface area contributed by atoms with Crippen LogP contribution in [0.1, 0.15) is 18.4 Å². The third-order valence-electron chi connectivity index (χ3n) is 6.32. The highest BCUT2D eigenvalue weighted by Crippen LogP contribution is 2.40. The van der Waals surface area contributed by atoms with Crippen molar-refractivity contribution in [2.75, 3.05) is 51.7 Å². The van der Waals surface area contributed by atoms with Gasteiger partial charge in [0.25, 0.3) is 0 Å². The van der Waals surface area contributed by atoms with Gasteiger partial charge in [0, 0.05) is 49.2 Å². The van der Waals surface area contributed by atoms with E-state index in [0.717, 1.165) is 36.5 Å². The minimum absolute atomic E-state index is 0.0282. The number of nitrogens with zero attached hydrogens (tertiary/aromatic N) is 3. The highest BCUT2D eigenvalue weighted by molar-refractivity contribution is 5.79. The van der Waals surface area contributed by atoms with Crippen LogP contribution in [-0.4, -0.2) is 57.4 Å². The van der Waals surface area contributed by atoms with E-state index in [-0.39, 0.29) is 11.8 Å². The van der Waals surface area contributed by atoms with Crippen LogP contribution < -0.4 is 34.5 Å². The van der Waals surface area contributed by atoms with Gasteiger partial charge in [0.1, 0.15) is 11.6 Å². The molecule has 0 aliphatic carbocycles. The number of hydrogen-bond acceptors (Lipinski definition) is 9. The molecule has 1 aliphatic heterocycles. The molecule has 1 aromatic heterocycles. The van der Waals surface area contributed by atoms with Crippen LogP contribution in [0.5, 0.6) is 23.0 Å². The summed E-state index contributed by atoms with van der Waals surface area (Å²) in [7, 11) is 6.33. The third kappa shape index (κ3) is 6.14. The number of methoxy groups -OCH3 is 4. The van der Waals surface area contributed by atoms with E-state index in [4.69, 9.17) is 23.9 Å². The van der Waals surface area contributed by atoms with Crippen LogP contribution in [0.2, 0.25) is 0 Å². The Kier molecular flexibility index (Phi) is 8.50. The van der Waals surface area contributed by atoms with Gasteiger partial charge in [0.05, 0.1) is 34.4 Å². The molecule has 10 nitrogen and oxygen atoms in total. The van der Waals surface area contributed by atoms with Gasteiger partial charge in [-0.25, -0.2) is 4.98 Å². The highest BCUT2D eigenvalue weighted by atomic mass is 16.5. The second kappa shape index (κ2) is 12.2. The number of amides is 1. The van der Waals surface area contributed by atoms with Crippen molar-refractivity contribution in [1.82, 2.24) is 15.3 Å². The summed E-state index contributed by atoms with van der Waals surface area (Å²) < 4.78 is 21.6. The van der Waals surface area contributed by atoms with E-state index in [0.29, 0.717) is 42.0 Å². The van der Waals surface area contributed by atoms with Gasteiger partial charge >= 0.3 is 0 Å². The number of carbonyl (C=O) groups excluding carboxylic acids is 1. The van der Waals surface area contributed by atoms with E-state index in [9.17, 15) is 4.79 Å². The lowest BCUT2D eigenvalue weighted by Crippen LogP contribution is -2.43. The Balaban J connectivity index is 1.43. The number of anilines is 3. The molecule has 10 heteroatoms. The van der Waals surface area contributed by atoms with Crippen molar-refractivity contribution in [1.29, 1.82) is 0 Å². The zero-order chi connectivity index (χ0) is 26.2. The highest BCUT2D eigenvalue weighted by Gasteiger charge is 2.27. The number of carbonyl (C=O) groups is 1. The van der Waals surface area contributed by atoms with Gasteiger partial charge in [-0.15, -0.1) is 0 Å². The van der Waals surface area contributed by atoms with Crippen LogP contribution in [0.4, 0.5) is 17.5 Å². The molecule has 37 heavy (non-hydrogen) atoms. The molecule has 3 aromatic rings. The first kappa shape index (κ1) is 25.9. The number of aromatic nitrogens is 2. The van der Waals surface area contributed by atoms with E-state index < -0.39 is 0 Å².